The van der Waals surface area contributed by atoms with Crippen molar-refractivity contribution in [1.82, 2.24) is 40.9 Å². The first-order valence-corrected chi connectivity index (χ1v) is 32.6. The van der Waals surface area contributed by atoms with Crippen LogP contribution in [0.3, 0.4) is 0 Å². The first-order chi connectivity index (χ1) is 45.7. The number of methoxy groups -OCH3 is 2. The van der Waals surface area contributed by atoms with Crippen molar-refractivity contribution in [3.05, 3.63) is 77.9 Å². The number of rotatable bonds is 34. The van der Waals surface area contributed by atoms with Crippen LogP contribution < -0.4 is 26.6 Å². The summed E-state index contributed by atoms with van der Waals surface area (Å²) in [5.74, 6) is -9.89. The van der Waals surface area contributed by atoms with Gasteiger partial charge in [0.05, 0.1) is 49.3 Å². The van der Waals surface area contributed by atoms with Crippen LogP contribution in [0, 0.1) is 29.6 Å². The maximum Gasteiger partial charge on any atom is 0.410 e. The Morgan fingerprint density at radius 3 is 1.88 bits per heavy atom. The lowest BCUT2D eigenvalue weighted by molar-refractivity contribution is -0.307. The Morgan fingerprint density at radius 2 is 1.33 bits per heavy atom. The molecule has 0 bridgehead atoms. The number of carboxylic acids is 1. The molecule has 3 aliphatic heterocycles. The SMILES string of the molecule is CC[C@H](C)[C@@H]([C@@H](CC(=O)N1CCC[C@H]1[C@H](OC)[C@@H](C)C(=O)N[C@H](C)[C@@H](O[C@@H]1O[C@H](C(=O)O)[C@@H](O)[C@H](O)[C@H]1O)c1ccccc1)OC)N(C)C(=O)[C@@H](NC(=O)[C@H](C(C)C)N(C)C(=O)OCc1ccc(NC(=O)[C@H](CO)NC(=O)[C@@H](NC(=O)CN2C(=O)C=CC2=O)C(C)C)cc1)C(C)C. The second kappa shape index (κ2) is 36.6. The Bertz CT molecular complexity index is 3060. The molecule has 30 nitrogen and oxygen atoms in total. The molecule has 0 spiro atoms. The minimum absolute atomic E-state index is 0.178. The van der Waals surface area contributed by atoms with E-state index in [-0.39, 0.29) is 30.5 Å². The molecule has 30 heteroatoms. The highest BCUT2D eigenvalue weighted by molar-refractivity contribution is 6.14. The quantitative estimate of drug-likeness (QED) is 0.0437. The van der Waals surface area contributed by atoms with Crippen LogP contribution in [0.5, 0.6) is 0 Å². The number of benzene rings is 2. The Balaban J connectivity index is 1.19. The zero-order chi connectivity index (χ0) is 72.4. The van der Waals surface area contributed by atoms with E-state index in [1.807, 2.05) is 13.8 Å². The van der Waals surface area contributed by atoms with Crippen molar-refractivity contribution >= 4 is 70.9 Å². The van der Waals surface area contributed by atoms with E-state index in [2.05, 4.69) is 26.6 Å². The van der Waals surface area contributed by atoms with Crippen molar-refractivity contribution in [2.45, 2.75) is 193 Å². The summed E-state index contributed by atoms with van der Waals surface area (Å²) in [6.07, 6.45) is -9.56. The molecular formula is C67H99N9O21. The summed E-state index contributed by atoms with van der Waals surface area (Å²) in [5.41, 5.74) is 1.22. The zero-order valence-corrected chi connectivity index (χ0v) is 57.6. The topological polar surface area (TPSA) is 408 Å². The second-order valence-corrected chi connectivity index (χ2v) is 26.0. The Morgan fingerprint density at radius 1 is 0.711 bits per heavy atom. The molecule has 2 saturated heterocycles. The number of hydrogen-bond donors (Lipinski definition) is 10. The van der Waals surface area contributed by atoms with Crippen LogP contribution in [0.4, 0.5) is 10.5 Å². The molecule has 0 unspecified atom stereocenters. The lowest BCUT2D eigenvalue weighted by atomic mass is 9.89. The lowest BCUT2D eigenvalue weighted by Crippen LogP contribution is -2.61. The monoisotopic (exact) mass is 1370 g/mol. The molecule has 17 atom stereocenters. The van der Waals surface area contributed by atoms with Gasteiger partial charge in [0.15, 0.2) is 12.4 Å². The molecule has 2 fully saturated rings. The summed E-state index contributed by atoms with van der Waals surface area (Å²) in [4.78, 5) is 152. The van der Waals surface area contributed by atoms with Crippen LogP contribution in [-0.4, -0.2) is 244 Å². The Labute approximate surface area is 565 Å². The van der Waals surface area contributed by atoms with Gasteiger partial charge in [0.1, 0.15) is 61.7 Å². The predicted molar refractivity (Wildman–Crippen MR) is 348 cm³/mol. The van der Waals surface area contributed by atoms with Crippen molar-refractivity contribution in [3.63, 3.8) is 0 Å². The van der Waals surface area contributed by atoms with Crippen molar-refractivity contribution < 1.29 is 102 Å². The van der Waals surface area contributed by atoms with E-state index < -0.39 is 187 Å². The van der Waals surface area contributed by atoms with Gasteiger partial charge in [-0.1, -0.05) is 111 Å². The smallest absolute Gasteiger partial charge is 0.410 e. The number of hydrogen-bond acceptors (Lipinski definition) is 20. The Hall–Kier alpha value is -7.97. The highest BCUT2D eigenvalue weighted by atomic mass is 16.7. The van der Waals surface area contributed by atoms with E-state index in [1.54, 1.807) is 110 Å². The lowest BCUT2D eigenvalue weighted by Gasteiger charge is -2.41. The molecule has 2 aromatic rings. The van der Waals surface area contributed by atoms with E-state index in [0.29, 0.717) is 41.8 Å². The van der Waals surface area contributed by atoms with Gasteiger partial charge in [0.25, 0.3) is 11.8 Å². The third-order valence-electron chi connectivity index (χ3n) is 18.0. The molecule has 97 heavy (non-hydrogen) atoms. The van der Waals surface area contributed by atoms with Gasteiger partial charge in [0.2, 0.25) is 41.4 Å². The molecule has 10 N–H and O–H groups in total. The molecule has 3 heterocycles. The number of carboxylic acid groups (broad SMARTS) is 1. The van der Waals surface area contributed by atoms with Crippen LogP contribution in [0.15, 0.2) is 66.7 Å². The number of aliphatic hydroxyl groups excluding tert-OH is 4. The number of ether oxygens (including phenoxy) is 5. The maximum atomic E-state index is 14.9. The van der Waals surface area contributed by atoms with Crippen molar-refractivity contribution in [1.29, 1.82) is 0 Å². The highest BCUT2D eigenvalue weighted by Crippen LogP contribution is 2.33. The summed E-state index contributed by atoms with van der Waals surface area (Å²) >= 11 is 0. The molecule has 0 aromatic heterocycles. The number of aliphatic hydroxyl groups is 4. The fourth-order valence-electron chi connectivity index (χ4n) is 12.3. The fourth-order valence-corrected chi connectivity index (χ4v) is 12.3. The predicted octanol–water partition coefficient (Wildman–Crippen LogP) is 0.977. The number of carbonyl (C=O) groups excluding carboxylic acids is 10. The first-order valence-electron chi connectivity index (χ1n) is 32.6. The number of nitrogens with zero attached hydrogens (tertiary/aromatic N) is 4. The highest BCUT2D eigenvalue weighted by Gasteiger charge is 2.50. The minimum atomic E-state index is -1.95. The number of carbonyl (C=O) groups is 11. The first kappa shape index (κ1) is 79.7. The summed E-state index contributed by atoms with van der Waals surface area (Å²) in [5, 5.41) is 64.7. The van der Waals surface area contributed by atoms with Gasteiger partial charge in [-0.25, -0.2) is 9.59 Å². The fraction of sp³-hybridized carbons (Fsp3) is 0.627. The van der Waals surface area contributed by atoms with Crippen molar-refractivity contribution in [3.8, 4) is 0 Å². The van der Waals surface area contributed by atoms with E-state index in [0.717, 1.165) is 17.1 Å². The number of imide groups is 1. The molecule has 2 aromatic carbocycles. The molecule has 5 rings (SSSR count). The van der Waals surface area contributed by atoms with Crippen molar-refractivity contribution in [2.75, 3.05) is 53.3 Å². The molecule has 0 radical (unpaired) electrons. The normalized spacial score (nSPS) is 22.1. The van der Waals surface area contributed by atoms with Crippen LogP contribution >= 0.6 is 0 Å². The van der Waals surface area contributed by atoms with E-state index >= 15 is 0 Å². The number of likely N-dealkylation sites (tertiary alicyclic amines) is 1. The van der Waals surface area contributed by atoms with Crippen LogP contribution in [0.2, 0.25) is 0 Å². The molecule has 10 amide bonds. The molecule has 3 aliphatic rings. The summed E-state index contributed by atoms with van der Waals surface area (Å²) in [6.45, 7) is 16.0. The van der Waals surface area contributed by atoms with Crippen LogP contribution in [-0.2, 0) is 78.2 Å². The van der Waals surface area contributed by atoms with Crippen molar-refractivity contribution in [2.24, 2.45) is 29.6 Å². The number of likely N-dealkylation sites (N-methyl/N-ethyl adjacent to an activating group) is 2. The zero-order valence-electron chi connectivity index (χ0n) is 57.6. The minimum Gasteiger partial charge on any atom is -0.479 e. The molecule has 538 valence electrons. The second-order valence-electron chi connectivity index (χ2n) is 26.0. The van der Waals surface area contributed by atoms with Crippen LogP contribution in [0.25, 0.3) is 0 Å². The van der Waals surface area contributed by atoms with E-state index in [4.69, 9.17) is 23.7 Å². The summed E-state index contributed by atoms with van der Waals surface area (Å²) in [6, 6.07) is 7.53. The average molecular weight is 1370 g/mol. The van der Waals surface area contributed by atoms with Gasteiger partial charge in [-0.2, -0.15) is 0 Å². The number of amides is 10. The Kier molecular flexibility index (Phi) is 30.1. The summed E-state index contributed by atoms with van der Waals surface area (Å²) in [7, 11) is 5.88. The number of nitrogens with one attached hydrogen (secondary N) is 5. The van der Waals surface area contributed by atoms with Gasteiger partial charge in [-0.3, -0.25) is 53.0 Å². The standard InChI is InChI=1S/C67H99N9O21/c1-15-37(8)53(45(93-13)30-49(81)75-29-19-22-44(75)57(94-14)38(9)60(85)68-39(10)58(41-20-17-16-18-21-41)96-66-56(84)54(82)55(83)59(97-66)65(90)91)73(11)64(89)51(35(4)5)72-63(88)52(36(6)7)74(12)67(92)95-33-40-23-25-42(26-24-40)69-61(86)43(32-77)70-62(87)50(34(2)3)71-46(78)31-76-47(79)27-28-48(76)80/h16-18,20-21,23-28,34-39,43-45,50-59,66,77,82-84H,15,19,22,29-33H2,1-14H3,(H,68,85)(H,69,86)(H,70,87)(H,71,78)(H,72,88)(H,90,91)/t37-,38+,39+,43-,44-,45+,50-,51-,52-,53-,54-,55-,56+,57+,58+,59-,66+/m0/s1. The number of anilines is 1. The number of aliphatic carboxylic acids is 1. The third-order valence-corrected chi connectivity index (χ3v) is 18.0. The summed E-state index contributed by atoms with van der Waals surface area (Å²) < 4.78 is 29.3. The van der Waals surface area contributed by atoms with Gasteiger partial charge in [0, 0.05) is 52.7 Å². The van der Waals surface area contributed by atoms with E-state index in [1.165, 1.54) is 38.3 Å². The molecule has 0 saturated carbocycles. The third kappa shape index (κ3) is 20.6. The van der Waals surface area contributed by atoms with E-state index in [9.17, 15) is 78.3 Å². The molecule has 0 aliphatic carbocycles. The van der Waals surface area contributed by atoms with Crippen LogP contribution in [0.1, 0.15) is 112 Å². The van der Waals surface area contributed by atoms with Gasteiger partial charge in [-0.15, -0.1) is 0 Å². The largest absolute Gasteiger partial charge is 0.479 e. The molecular weight excluding hydrogens is 1270 g/mol. The van der Waals surface area contributed by atoms with Gasteiger partial charge in [-0.05, 0) is 66.7 Å². The van der Waals surface area contributed by atoms with Gasteiger partial charge >= 0.3 is 12.1 Å². The average Bonchev–Trinajstić information content (AvgIpc) is 1.46. The maximum absolute atomic E-state index is 14.9. The van der Waals surface area contributed by atoms with Gasteiger partial charge < -0.3 is 85.6 Å².